The largest absolute Gasteiger partial charge is 0.237 e. The van der Waals surface area contributed by atoms with Gasteiger partial charge < -0.3 is 0 Å². The fraction of sp³-hybridized carbons (Fsp3) is 1.00. The molecule has 0 heterocycles. The molecule has 1 radical (unpaired) electrons. The molecule has 0 N–H and O–H groups in total. The Balaban J connectivity index is 2.83. The van der Waals surface area contributed by atoms with Crippen LogP contribution in [0.2, 0.25) is 0 Å². The summed E-state index contributed by atoms with van der Waals surface area (Å²) in [6, 6.07) is 0. The van der Waals surface area contributed by atoms with Crippen molar-refractivity contribution in [2.75, 3.05) is 11.0 Å². The van der Waals surface area contributed by atoms with Crippen LogP contribution in [0.1, 0.15) is 13.3 Å². The molecule has 0 aliphatic carbocycles. The lowest BCUT2D eigenvalue weighted by atomic mass is 10.1. The lowest BCUT2D eigenvalue weighted by molar-refractivity contribution is 0.177. The molecule has 0 fully saturated rings. The minimum atomic E-state index is 0.0875. The zero-order chi connectivity index (χ0) is 5.70. The maximum Gasteiger partial charge on any atom is 0.0825 e. The quantitative estimate of drug-likeness (QED) is 0.503. The number of rotatable bonds is 3. The molecule has 0 saturated heterocycles. The minimum absolute atomic E-state index is 0.0875. The highest BCUT2D eigenvalue weighted by Crippen LogP contribution is 2.03. The molecule has 0 amide bonds. The number of hydrogen-bond donors (Lipinski definition) is 0. The van der Waals surface area contributed by atoms with Gasteiger partial charge in [0.1, 0.15) is 0 Å². The minimum Gasteiger partial charge on any atom is -0.237 e. The molecule has 0 aliphatic heterocycles. The first-order valence-corrected chi connectivity index (χ1v) is 3.98. The predicted octanol–water partition coefficient (Wildman–Crippen LogP) is 1.88. The average molecular weight is 213 g/mol. The molecular formula is C5H10IO. The Morgan fingerprint density at radius 3 is 2.43 bits per heavy atom. The highest BCUT2D eigenvalue weighted by atomic mass is 127. The summed E-state index contributed by atoms with van der Waals surface area (Å²) in [6.45, 7) is 2.19. The predicted molar refractivity (Wildman–Crippen MR) is 38.2 cm³/mol. The van der Waals surface area contributed by atoms with Crippen molar-refractivity contribution in [1.29, 1.82) is 0 Å². The third kappa shape index (κ3) is 4.55. The number of halogens is 1. The fourth-order valence-corrected chi connectivity index (χ4v) is 0.719. The van der Waals surface area contributed by atoms with Crippen molar-refractivity contribution in [3.05, 3.63) is 0 Å². The second kappa shape index (κ2) is 4.84. The van der Waals surface area contributed by atoms with Gasteiger partial charge in [0, 0.05) is 4.43 Å². The lowest BCUT2D eigenvalue weighted by Gasteiger charge is -1.99. The van der Waals surface area contributed by atoms with Gasteiger partial charge in [-0.15, -0.1) is 0 Å². The zero-order valence-electron chi connectivity index (χ0n) is 4.48. The van der Waals surface area contributed by atoms with Gasteiger partial charge in [-0.1, -0.05) is 29.5 Å². The average Bonchev–Trinajstić information content (AvgIpc) is 1.68. The van der Waals surface area contributed by atoms with Crippen LogP contribution in [0.3, 0.4) is 0 Å². The first kappa shape index (κ1) is 7.69. The normalized spacial score (nSPS) is 14.1. The highest BCUT2D eigenvalue weighted by molar-refractivity contribution is 14.1. The Morgan fingerprint density at radius 2 is 2.29 bits per heavy atom. The zero-order valence-corrected chi connectivity index (χ0v) is 6.64. The van der Waals surface area contributed by atoms with Crippen LogP contribution >= 0.6 is 22.6 Å². The van der Waals surface area contributed by atoms with Crippen molar-refractivity contribution < 1.29 is 5.11 Å². The van der Waals surface area contributed by atoms with Crippen LogP contribution in [0, 0.1) is 5.92 Å². The van der Waals surface area contributed by atoms with Gasteiger partial charge >= 0.3 is 0 Å². The van der Waals surface area contributed by atoms with Crippen molar-refractivity contribution >= 4 is 22.6 Å². The lowest BCUT2D eigenvalue weighted by Crippen LogP contribution is -1.96. The molecule has 0 bridgehead atoms. The summed E-state index contributed by atoms with van der Waals surface area (Å²) in [7, 11) is 0. The van der Waals surface area contributed by atoms with Gasteiger partial charge in [-0.05, 0) is 12.3 Å². The molecule has 43 valence electrons. The smallest absolute Gasteiger partial charge is 0.0825 e. The Bertz CT molecular complexity index is 39.1. The standard InChI is InChI=1S/C5H10IO/c1-5(4-6)2-3-7/h5H,2-4H2,1H3. The molecular weight excluding hydrogens is 203 g/mol. The van der Waals surface area contributed by atoms with Crippen molar-refractivity contribution in [2.45, 2.75) is 13.3 Å². The summed E-state index contributed by atoms with van der Waals surface area (Å²) in [5.41, 5.74) is 0. The van der Waals surface area contributed by atoms with Crippen molar-refractivity contribution in [3.8, 4) is 0 Å². The summed E-state index contributed by atoms with van der Waals surface area (Å²) >= 11 is 2.30. The topological polar surface area (TPSA) is 19.9 Å². The summed E-state index contributed by atoms with van der Waals surface area (Å²) in [5, 5.41) is 9.90. The van der Waals surface area contributed by atoms with Crippen LogP contribution in [-0.4, -0.2) is 11.0 Å². The van der Waals surface area contributed by atoms with Crippen molar-refractivity contribution in [3.63, 3.8) is 0 Å². The molecule has 0 aliphatic rings. The van der Waals surface area contributed by atoms with E-state index in [4.69, 9.17) is 0 Å². The van der Waals surface area contributed by atoms with E-state index in [9.17, 15) is 5.11 Å². The van der Waals surface area contributed by atoms with Gasteiger partial charge in [-0.3, -0.25) is 0 Å². The summed E-state index contributed by atoms with van der Waals surface area (Å²) < 4.78 is 1.11. The molecule has 1 unspecified atom stereocenters. The monoisotopic (exact) mass is 213 g/mol. The molecule has 1 atom stereocenters. The molecule has 0 aromatic heterocycles. The van der Waals surface area contributed by atoms with Gasteiger partial charge in [-0.25, -0.2) is 5.11 Å². The van der Waals surface area contributed by atoms with Gasteiger partial charge in [0.05, 0.1) is 6.61 Å². The molecule has 0 rings (SSSR count). The van der Waals surface area contributed by atoms with Gasteiger partial charge in [0.15, 0.2) is 0 Å². The molecule has 2 heteroatoms. The molecule has 0 spiro atoms. The van der Waals surface area contributed by atoms with Crippen molar-refractivity contribution in [1.82, 2.24) is 0 Å². The maximum absolute atomic E-state index is 9.90. The van der Waals surface area contributed by atoms with E-state index in [1.807, 2.05) is 0 Å². The van der Waals surface area contributed by atoms with Crippen LogP contribution < -0.4 is 0 Å². The van der Waals surface area contributed by atoms with Crippen LogP contribution in [-0.2, 0) is 5.11 Å². The Morgan fingerprint density at radius 1 is 1.71 bits per heavy atom. The van der Waals surface area contributed by atoms with E-state index in [1.165, 1.54) is 0 Å². The summed E-state index contributed by atoms with van der Waals surface area (Å²) in [4.78, 5) is 0. The molecule has 0 saturated carbocycles. The van der Waals surface area contributed by atoms with E-state index in [0.29, 0.717) is 5.92 Å². The first-order valence-electron chi connectivity index (χ1n) is 2.45. The third-order valence-corrected chi connectivity index (χ3v) is 2.38. The van der Waals surface area contributed by atoms with Crippen LogP contribution in [0.5, 0.6) is 0 Å². The van der Waals surface area contributed by atoms with Crippen LogP contribution in [0.4, 0.5) is 0 Å². The Hall–Kier alpha value is 0.690. The van der Waals surface area contributed by atoms with Crippen LogP contribution in [0.25, 0.3) is 0 Å². The van der Waals surface area contributed by atoms with E-state index < -0.39 is 0 Å². The number of alkyl halides is 1. The Labute approximate surface area is 58.3 Å². The van der Waals surface area contributed by atoms with Gasteiger partial charge in [0.2, 0.25) is 0 Å². The molecule has 7 heavy (non-hydrogen) atoms. The highest BCUT2D eigenvalue weighted by Gasteiger charge is 1.95. The summed E-state index contributed by atoms with van der Waals surface area (Å²) in [5.74, 6) is 0.623. The van der Waals surface area contributed by atoms with E-state index in [1.54, 1.807) is 0 Å². The number of hydrogen-bond acceptors (Lipinski definition) is 0. The van der Waals surface area contributed by atoms with E-state index >= 15 is 0 Å². The van der Waals surface area contributed by atoms with Crippen LogP contribution in [0.15, 0.2) is 0 Å². The summed E-state index contributed by atoms with van der Waals surface area (Å²) in [6.07, 6.45) is 0.836. The Kier molecular flexibility index (Phi) is 5.32. The second-order valence-corrected chi connectivity index (χ2v) is 2.63. The van der Waals surface area contributed by atoms with Gasteiger partial charge in [0.25, 0.3) is 0 Å². The fourth-order valence-electron chi connectivity index (χ4n) is 0.278. The SMILES string of the molecule is CC(CI)CC[O]. The first-order chi connectivity index (χ1) is 3.31. The molecule has 1 nitrogen and oxygen atoms in total. The van der Waals surface area contributed by atoms with E-state index in [-0.39, 0.29) is 6.61 Å². The second-order valence-electron chi connectivity index (χ2n) is 1.75. The van der Waals surface area contributed by atoms with E-state index in [0.717, 1.165) is 10.8 Å². The van der Waals surface area contributed by atoms with E-state index in [2.05, 4.69) is 29.5 Å². The van der Waals surface area contributed by atoms with Crippen molar-refractivity contribution in [2.24, 2.45) is 5.92 Å². The molecule has 0 aromatic carbocycles. The maximum atomic E-state index is 9.90. The third-order valence-electron chi connectivity index (χ3n) is 0.874. The van der Waals surface area contributed by atoms with Gasteiger partial charge in [-0.2, -0.15) is 0 Å². The molecule has 0 aromatic rings.